The fourth-order valence-electron chi connectivity index (χ4n) is 4.92. The van der Waals surface area contributed by atoms with Crippen molar-refractivity contribution in [2.75, 3.05) is 31.6 Å². The maximum atomic E-state index is 14.9. The van der Waals surface area contributed by atoms with Gasteiger partial charge >= 0.3 is 0 Å². The number of anilines is 1. The second kappa shape index (κ2) is 9.83. The van der Waals surface area contributed by atoms with E-state index in [2.05, 4.69) is 25.6 Å². The number of pyridine rings is 1. The molecule has 6 rings (SSSR count). The number of ether oxygens (including phenoxy) is 1. The summed E-state index contributed by atoms with van der Waals surface area (Å²) in [5, 5.41) is 10.6. The molecule has 1 aromatic carbocycles. The lowest BCUT2D eigenvalue weighted by atomic mass is 10.00. The van der Waals surface area contributed by atoms with Gasteiger partial charge in [0.2, 0.25) is 0 Å². The highest BCUT2D eigenvalue weighted by atomic mass is 19.1. The van der Waals surface area contributed by atoms with Crippen LogP contribution in [0, 0.1) is 12.7 Å². The molecule has 3 fully saturated rings. The molecule has 1 saturated carbocycles. The Hall–Kier alpha value is -3.37. The molecule has 3 aromatic rings. The zero-order valence-corrected chi connectivity index (χ0v) is 20.7. The Bertz CT molecular complexity index is 1310. The number of carbonyl (C=O) groups is 1. The first-order valence-corrected chi connectivity index (χ1v) is 12.8. The summed E-state index contributed by atoms with van der Waals surface area (Å²) in [5.74, 6) is -0.956. The Labute approximate surface area is 214 Å². The van der Waals surface area contributed by atoms with Gasteiger partial charge in [0.1, 0.15) is 12.0 Å². The molecule has 3 aliphatic rings. The molecule has 1 amide bonds. The maximum Gasteiger partial charge on any atom is 0.254 e. The number of aryl methyl sites for hydroxylation is 1. The molecule has 1 aliphatic carbocycles. The number of likely N-dealkylation sites (tertiary alicyclic amines) is 1. The summed E-state index contributed by atoms with van der Waals surface area (Å²) in [4.78, 5) is 19.0. The van der Waals surface area contributed by atoms with Gasteiger partial charge in [-0.3, -0.25) is 14.7 Å². The van der Waals surface area contributed by atoms with Crippen LogP contribution in [0.1, 0.15) is 35.2 Å². The van der Waals surface area contributed by atoms with Crippen LogP contribution in [0.4, 0.5) is 14.5 Å². The Kier molecular flexibility index (Phi) is 6.37. The van der Waals surface area contributed by atoms with Gasteiger partial charge in [0, 0.05) is 48.8 Å². The van der Waals surface area contributed by atoms with Crippen molar-refractivity contribution in [3.63, 3.8) is 0 Å². The van der Waals surface area contributed by atoms with Crippen molar-refractivity contribution in [1.82, 2.24) is 25.0 Å². The summed E-state index contributed by atoms with van der Waals surface area (Å²) < 4.78 is 36.3. The van der Waals surface area contributed by atoms with E-state index < -0.39 is 17.9 Å². The molecule has 0 spiro atoms. The van der Waals surface area contributed by atoms with Crippen LogP contribution in [0.3, 0.4) is 0 Å². The third-order valence-corrected chi connectivity index (χ3v) is 7.41. The summed E-state index contributed by atoms with van der Waals surface area (Å²) in [6.45, 7) is 4.41. The number of alkyl halides is 1. The Morgan fingerprint density at radius 3 is 2.68 bits per heavy atom. The lowest BCUT2D eigenvalue weighted by Gasteiger charge is -2.43. The van der Waals surface area contributed by atoms with E-state index in [0.717, 1.165) is 36.2 Å². The zero-order chi connectivity index (χ0) is 25.5. The van der Waals surface area contributed by atoms with Gasteiger partial charge in [-0.2, -0.15) is 5.10 Å². The standard InChI is InChI=1S/C27H30F2N6O2/c1-16-6-23(28)22(27(36)33-19-2-3-19)8-26(16)35-12-18(10-31-35)17-7-20(11-30-9-17)32-25-4-5-34(13-24(25)29)21-14-37-15-21/h6-12,19,21,24-25,32H,2-5,13-15H2,1H3,(H,33,36). The number of carbonyl (C=O) groups excluding carboxylic acids is 1. The van der Waals surface area contributed by atoms with E-state index in [-0.39, 0.29) is 17.6 Å². The second-order valence-electron chi connectivity index (χ2n) is 10.2. The summed E-state index contributed by atoms with van der Waals surface area (Å²) in [6, 6.07) is 5.03. The number of nitrogens with zero attached hydrogens (tertiary/aromatic N) is 4. The molecule has 0 bridgehead atoms. The van der Waals surface area contributed by atoms with Gasteiger partial charge in [0.15, 0.2) is 0 Å². The zero-order valence-electron chi connectivity index (χ0n) is 20.7. The molecule has 0 radical (unpaired) electrons. The molecule has 8 nitrogen and oxygen atoms in total. The van der Waals surface area contributed by atoms with Gasteiger partial charge in [0.25, 0.3) is 5.91 Å². The van der Waals surface area contributed by atoms with Crippen LogP contribution in [0.15, 0.2) is 43.0 Å². The fraction of sp³-hybridized carbons (Fsp3) is 0.444. The first kappa shape index (κ1) is 24.0. The van der Waals surface area contributed by atoms with E-state index in [4.69, 9.17) is 4.74 Å². The van der Waals surface area contributed by atoms with E-state index in [9.17, 15) is 13.6 Å². The van der Waals surface area contributed by atoms with Crippen LogP contribution in [-0.4, -0.2) is 76.2 Å². The quantitative estimate of drug-likeness (QED) is 0.508. The van der Waals surface area contributed by atoms with E-state index in [0.29, 0.717) is 43.5 Å². The molecule has 37 heavy (non-hydrogen) atoms. The van der Waals surface area contributed by atoms with Gasteiger partial charge < -0.3 is 15.4 Å². The molecule has 2 atom stereocenters. The predicted octanol–water partition coefficient (Wildman–Crippen LogP) is 3.50. The molecular formula is C27H30F2N6O2. The number of piperidine rings is 1. The minimum Gasteiger partial charge on any atom is -0.378 e. The molecule has 2 saturated heterocycles. The molecule has 2 aromatic heterocycles. The second-order valence-corrected chi connectivity index (χ2v) is 10.2. The van der Waals surface area contributed by atoms with Crippen molar-refractivity contribution in [3.05, 3.63) is 59.9 Å². The Morgan fingerprint density at radius 1 is 1.11 bits per heavy atom. The number of hydrogen-bond acceptors (Lipinski definition) is 6. The monoisotopic (exact) mass is 508 g/mol. The number of aromatic nitrogens is 3. The fourth-order valence-corrected chi connectivity index (χ4v) is 4.92. The molecule has 2 aliphatic heterocycles. The smallest absolute Gasteiger partial charge is 0.254 e. The molecule has 2 unspecified atom stereocenters. The largest absolute Gasteiger partial charge is 0.378 e. The van der Waals surface area contributed by atoms with Crippen LogP contribution in [0.25, 0.3) is 16.8 Å². The van der Waals surface area contributed by atoms with Crippen LogP contribution in [-0.2, 0) is 4.74 Å². The van der Waals surface area contributed by atoms with Crippen molar-refractivity contribution in [2.24, 2.45) is 0 Å². The van der Waals surface area contributed by atoms with Crippen molar-refractivity contribution in [1.29, 1.82) is 0 Å². The van der Waals surface area contributed by atoms with Crippen LogP contribution in [0.2, 0.25) is 0 Å². The SMILES string of the molecule is Cc1cc(F)c(C(=O)NC2CC2)cc1-n1cc(-c2cncc(NC3CCN(C4COC4)CC3F)c2)cn1. The highest BCUT2D eigenvalue weighted by Gasteiger charge is 2.35. The number of benzene rings is 1. The number of hydrogen-bond donors (Lipinski definition) is 2. The average molecular weight is 509 g/mol. The summed E-state index contributed by atoms with van der Waals surface area (Å²) in [5.41, 5.74) is 3.67. The highest BCUT2D eigenvalue weighted by molar-refractivity contribution is 5.95. The van der Waals surface area contributed by atoms with E-state index >= 15 is 0 Å². The van der Waals surface area contributed by atoms with E-state index in [1.54, 1.807) is 36.3 Å². The summed E-state index contributed by atoms with van der Waals surface area (Å²) in [7, 11) is 0. The minimum absolute atomic E-state index is 0.00840. The first-order chi connectivity index (χ1) is 17.9. The van der Waals surface area contributed by atoms with Gasteiger partial charge in [-0.25, -0.2) is 13.5 Å². The lowest BCUT2D eigenvalue weighted by molar-refractivity contribution is -0.0794. The third kappa shape index (κ3) is 5.08. The highest BCUT2D eigenvalue weighted by Crippen LogP contribution is 2.27. The average Bonchev–Trinajstić information content (AvgIpc) is 3.52. The van der Waals surface area contributed by atoms with Crippen LogP contribution < -0.4 is 10.6 Å². The van der Waals surface area contributed by atoms with Crippen LogP contribution in [0.5, 0.6) is 0 Å². The molecule has 194 valence electrons. The number of halogens is 2. The number of amides is 1. The van der Waals surface area contributed by atoms with Gasteiger partial charge in [-0.1, -0.05) is 0 Å². The van der Waals surface area contributed by atoms with Gasteiger partial charge in [-0.05, 0) is 49.9 Å². The van der Waals surface area contributed by atoms with Crippen LogP contribution >= 0.6 is 0 Å². The van der Waals surface area contributed by atoms with Crippen molar-refractivity contribution in [3.8, 4) is 16.8 Å². The Balaban J connectivity index is 1.17. The number of rotatable bonds is 7. The molecular weight excluding hydrogens is 478 g/mol. The topological polar surface area (TPSA) is 84.3 Å². The number of nitrogens with one attached hydrogen (secondary N) is 2. The van der Waals surface area contributed by atoms with Crippen molar-refractivity contribution < 1.29 is 18.3 Å². The predicted molar refractivity (Wildman–Crippen MR) is 135 cm³/mol. The van der Waals surface area contributed by atoms with Gasteiger partial charge in [0.05, 0.1) is 48.4 Å². The minimum atomic E-state index is -0.978. The lowest BCUT2D eigenvalue weighted by Crippen LogP contribution is -2.57. The maximum absolute atomic E-state index is 14.9. The van der Waals surface area contributed by atoms with Gasteiger partial charge in [-0.15, -0.1) is 0 Å². The Morgan fingerprint density at radius 2 is 1.95 bits per heavy atom. The first-order valence-electron chi connectivity index (χ1n) is 12.8. The van der Waals surface area contributed by atoms with E-state index in [1.165, 1.54) is 6.07 Å². The summed E-state index contributed by atoms with van der Waals surface area (Å²) in [6.07, 6.45) is 8.53. The normalized spacial score (nSPS) is 22.5. The third-order valence-electron chi connectivity index (χ3n) is 7.41. The molecule has 4 heterocycles. The molecule has 10 heteroatoms. The molecule has 2 N–H and O–H groups in total. The summed E-state index contributed by atoms with van der Waals surface area (Å²) >= 11 is 0. The van der Waals surface area contributed by atoms with Crippen molar-refractivity contribution >= 4 is 11.6 Å². The van der Waals surface area contributed by atoms with E-state index in [1.807, 2.05) is 12.3 Å². The van der Waals surface area contributed by atoms with Crippen molar-refractivity contribution in [2.45, 2.75) is 50.5 Å².